The molecule has 1 N–H and O–H groups in total. The van der Waals surface area contributed by atoms with Crippen LogP contribution in [0.1, 0.15) is 37.3 Å². The van der Waals surface area contributed by atoms with Gasteiger partial charge in [0.15, 0.2) is 0 Å². The summed E-state index contributed by atoms with van der Waals surface area (Å²) in [6.45, 7) is 6.16. The molecule has 2 rings (SSSR count). The molecule has 0 bridgehead atoms. The summed E-state index contributed by atoms with van der Waals surface area (Å²) in [5.41, 5.74) is 1.85. The summed E-state index contributed by atoms with van der Waals surface area (Å²) in [4.78, 5) is 0. The maximum Gasteiger partial charge on any atom is 0.126 e. The van der Waals surface area contributed by atoms with E-state index in [1.165, 1.54) is 0 Å². The second-order valence-electron chi connectivity index (χ2n) is 4.71. The molecule has 1 aromatic carbocycles. The first-order valence-corrected chi connectivity index (χ1v) is 5.60. The molecular formula is C13H18FN. The molecule has 1 aliphatic heterocycles. The van der Waals surface area contributed by atoms with E-state index >= 15 is 0 Å². The Hall–Kier alpha value is -0.890. The van der Waals surface area contributed by atoms with E-state index in [4.69, 9.17) is 0 Å². The second-order valence-corrected chi connectivity index (χ2v) is 4.71. The van der Waals surface area contributed by atoms with Gasteiger partial charge in [-0.25, -0.2) is 4.39 Å². The zero-order valence-corrected chi connectivity index (χ0v) is 9.55. The zero-order chi connectivity index (χ0) is 11.0. The summed E-state index contributed by atoms with van der Waals surface area (Å²) in [5.74, 6) is 0.370. The zero-order valence-electron chi connectivity index (χ0n) is 9.55. The van der Waals surface area contributed by atoms with E-state index in [9.17, 15) is 4.39 Å². The Bertz CT molecular complexity index is 362. The predicted molar refractivity (Wildman–Crippen MR) is 60.6 cm³/mol. The molecule has 0 radical (unpaired) electrons. The van der Waals surface area contributed by atoms with Gasteiger partial charge in [0.1, 0.15) is 5.82 Å². The second kappa shape index (κ2) is 3.93. The predicted octanol–water partition coefficient (Wildman–Crippen LogP) is 2.99. The van der Waals surface area contributed by atoms with Crippen LogP contribution in [-0.2, 0) is 0 Å². The van der Waals surface area contributed by atoms with E-state index in [-0.39, 0.29) is 5.82 Å². The van der Waals surface area contributed by atoms with E-state index in [0.29, 0.717) is 18.0 Å². The molecule has 3 atom stereocenters. The molecule has 1 heterocycles. The average Bonchev–Trinajstić information content (AvgIpc) is 2.50. The maximum atomic E-state index is 13.4. The molecule has 0 saturated carbocycles. The van der Waals surface area contributed by atoms with Gasteiger partial charge in [-0.15, -0.1) is 0 Å². The summed E-state index contributed by atoms with van der Waals surface area (Å²) < 4.78 is 13.4. The monoisotopic (exact) mass is 207 g/mol. The number of nitrogens with one attached hydrogen (secondary N) is 1. The molecule has 0 spiro atoms. The Morgan fingerprint density at radius 1 is 1.33 bits per heavy atom. The van der Waals surface area contributed by atoms with Crippen molar-refractivity contribution in [2.75, 3.05) is 0 Å². The average molecular weight is 207 g/mol. The van der Waals surface area contributed by atoms with Crippen molar-refractivity contribution in [3.05, 3.63) is 35.1 Å². The molecule has 2 heteroatoms. The first-order valence-electron chi connectivity index (χ1n) is 5.60. The number of benzene rings is 1. The van der Waals surface area contributed by atoms with Gasteiger partial charge in [0.25, 0.3) is 0 Å². The van der Waals surface area contributed by atoms with Gasteiger partial charge < -0.3 is 5.32 Å². The third-order valence-electron chi connectivity index (χ3n) is 3.38. The van der Waals surface area contributed by atoms with Crippen molar-refractivity contribution in [1.82, 2.24) is 5.32 Å². The largest absolute Gasteiger partial charge is 0.311 e. The number of hydrogen-bond donors (Lipinski definition) is 1. The number of hydrogen-bond acceptors (Lipinski definition) is 1. The van der Waals surface area contributed by atoms with Crippen LogP contribution in [-0.4, -0.2) is 12.1 Å². The van der Waals surface area contributed by atoms with Crippen LogP contribution in [0.3, 0.4) is 0 Å². The molecule has 1 fully saturated rings. The van der Waals surface area contributed by atoms with Crippen LogP contribution in [0.15, 0.2) is 18.2 Å². The number of halogens is 1. The summed E-state index contributed by atoms with van der Waals surface area (Å²) in [6.07, 6.45) is 1.10. The van der Waals surface area contributed by atoms with Crippen molar-refractivity contribution >= 4 is 0 Å². The Morgan fingerprint density at radius 2 is 2.07 bits per heavy atom. The van der Waals surface area contributed by atoms with Gasteiger partial charge in [-0.2, -0.15) is 0 Å². The summed E-state index contributed by atoms with van der Waals surface area (Å²) in [7, 11) is 0. The van der Waals surface area contributed by atoms with Crippen LogP contribution in [0.4, 0.5) is 4.39 Å². The van der Waals surface area contributed by atoms with Gasteiger partial charge in [0.05, 0.1) is 0 Å². The molecule has 15 heavy (non-hydrogen) atoms. The van der Waals surface area contributed by atoms with Crippen LogP contribution in [0, 0.1) is 12.7 Å². The first-order chi connectivity index (χ1) is 7.08. The quantitative estimate of drug-likeness (QED) is 0.746. The molecule has 1 saturated heterocycles. The van der Waals surface area contributed by atoms with E-state index < -0.39 is 0 Å². The fraction of sp³-hybridized carbons (Fsp3) is 0.538. The van der Waals surface area contributed by atoms with Crippen LogP contribution in [0.25, 0.3) is 0 Å². The molecule has 0 aliphatic carbocycles. The van der Waals surface area contributed by atoms with Gasteiger partial charge in [-0.3, -0.25) is 0 Å². The van der Waals surface area contributed by atoms with Gasteiger partial charge in [0, 0.05) is 18.0 Å². The summed E-state index contributed by atoms with van der Waals surface area (Å²) in [6, 6.07) is 6.60. The van der Waals surface area contributed by atoms with Crippen LogP contribution >= 0.6 is 0 Å². The lowest BCUT2D eigenvalue weighted by Gasteiger charge is -2.15. The highest BCUT2D eigenvalue weighted by molar-refractivity contribution is 5.28. The Morgan fingerprint density at radius 3 is 2.60 bits per heavy atom. The Kier molecular flexibility index (Phi) is 2.79. The smallest absolute Gasteiger partial charge is 0.126 e. The molecule has 1 aromatic rings. The number of rotatable bonds is 1. The van der Waals surface area contributed by atoms with Gasteiger partial charge in [0.2, 0.25) is 0 Å². The molecule has 82 valence electrons. The standard InChI is InChI=1S/C13H18FN/c1-8-4-5-11(7-13(8)14)12-6-9(2)15-10(12)3/h4-5,7,9-10,12,15H,6H2,1-3H3. The Labute approximate surface area is 90.7 Å². The van der Waals surface area contributed by atoms with Crippen LogP contribution in [0.2, 0.25) is 0 Å². The van der Waals surface area contributed by atoms with Crippen molar-refractivity contribution in [3.63, 3.8) is 0 Å². The third-order valence-corrected chi connectivity index (χ3v) is 3.38. The lowest BCUT2D eigenvalue weighted by molar-refractivity contribution is 0.569. The van der Waals surface area contributed by atoms with Gasteiger partial charge in [-0.05, 0) is 44.4 Å². The minimum Gasteiger partial charge on any atom is -0.311 e. The van der Waals surface area contributed by atoms with Crippen LogP contribution in [0.5, 0.6) is 0 Å². The fourth-order valence-corrected chi connectivity index (χ4v) is 2.48. The number of aryl methyl sites for hydroxylation is 1. The molecular weight excluding hydrogens is 189 g/mol. The van der Waals surface area contributed by atoms with Gasteiger partial charge >= 0.3 is 0 Å². The highest BCUT2D eigenvalue weighted by Gasteiger charge is 2.29. The van der Waals surface area contributed by atoms with E-state index in [1.807, 2.05) is 6.07 Å². The summed E-state index contributed by atoms with van der Waals surface area (Å²) >= 11 is 0. The van der Waals surface area contributed by atoms with Crippen molar-refractivity contribution < 1.29 is 4.39 Å². The maximum absolute atomic E-state index is 13.4. The van der Waals surface area contributed by atoms with Crippen molar-refractivity contribution in [2.45, 2.75) is 45.2 Å². The molecule has 0 amide bonds. The third kappa shape index (κ3) is 2.05. The normalized spacial score (nSPS) is 30.8. The van der Waals surface area contributed by atoms with Crippen molar-refractivity contribution in [1.29, 1.82) is 0 Å². The minimum absolute atomic E-state index is 0.0840. The fourth-order valence-electron chi connectivity index (χ4n) is 2.48. The Balaban J connectivity index is 2.26. The lowest BCUT2D eigenvalue weighted by atomic mass is 9.91. The lowest BCUT2D eigenvalue weighted by Crippen LogP contribution is -2.26. The highest BCUT2D eigenvalue weighted by atomic mass is 19.1. The van der Waals surface area contributed by atoms with Crippen molar-refractivity contribution in [2.24, 2.45) is 0 Å². The highest BCUT2D eigenvalue weighted by Crippen LogP contribution is 2.31. The first kappa shape index (κ1) is 10.6. The molecule has 1 aliphatic rings. The topological polar surface area (TPSA) is 12.0 Å². The van der Waals surface area contributed by atoms with E-state index in [2.05, 4.69) is 25.2 Å². The van der Waals surface area contributed by atoms with E-state index in [1.54, 1.807) is 13.0 Å². The van der Waals surface area contributed by atoms with Gasteiger partial charge in [-0.1, -0.05) is 12.1 Å². The molecule has 0 aromatic heterocycles. The van der Waals surface area contributed by atoms with Crippen molar-refractivity contribution in [3.8, 4) is 0 Å². The molecule has 1 nitrogen and oxygen atoms in total. The minimum atomic E-state index is -0.0840. The SMILES string of the molecule is Cc1ccc(C2CC(C)NC2C)cc1F. The molecule has 3 unspecified atom stereocenters. The van der Waals surface area contributed by atoms with E-state index in [0.717, 1.165) is 17.5 Å². The summed E-state index contributed by atoms with van der Waals surface area (Å²) in [5, 5.41) is 3.48. The van der Waals surface area contributed by atoms with Crippen LogP contribution < -0.4 is 5.32 Å².